The Balaban J connectivity index is 1.23. The highest BCUT2D eigenvalue weighted by atomic mass is 16.7. The molecule has 0 saturated carbocycles. The van der Waals surface area contributed by atoms with Crippen molar-refractivity contribution in [2.24, 2.45) is 0 Å². The van der Waals surface area contributed by atoms with Gasteiger partial charge in [-0.1, -0.05) is 182 Å². The fraction of sp³-hybridized carbons (Fsp3) is 0.184. The number of nitrogens with one attached hydrogen (secondary N) is 1. The van der Waals surface area contributed by atoms with Crippen LogP contribution < -0.4 is 11.2 Å². The first-order valence-corrected chi connectivity index (χ1v) is 19.4. The van der Waals surface area contributed by atoms with E-state index in [0.717, 1.165) is 33.4 Å². The zero-order valence-corrected chi connectivity index (χ0v) is 31.5. The largest absolute Gasteiger partial charge is 0.394 e. The number of aromatic nitrogens is 2. The van der Waals surface area contributed by atoms with Crippen molar-refractivity contribution in [3.05, 3.63) is 248 Å². The molecule has 1 aromatic heterocycles. The number of hydrogen-bond donors (Lipinski definition) is 2. The first kappa shape index (κ1) is 37.4. The molecule has 290 valence electrons. The summed E-state index contributed by atoms with van der Waals surface area (Å²) in [6.45, 7) is -0.387. The van der Waals surface area contributed by atoms with Gasteiger partial charge in [-0.3, -0.25) is 14.3 Å². The van der Waals surface area contributed by atoms with Gasteiger partial charge in [0.15, 0.2) is 11.8 Å². The topological polar surface area (TPSA) is 115 Å². The Bertz CT molecular complexity index is 2360. The summed E-state index contributed by atoms with van der Waals surface area (Å²) in [6.07, 6.45) is -2.39. The lowest BCUT2D eigenvalue weighted by atomic mass is 9.79. The maximum Gasteiger partial charge on any atom is 0.330 e. The molecule has 2 fully saturated rings. The Labute approximate surface area is 335 Å². The molecule has 9 heteroatoms. The molecule has 0 radical (unpaired) electrons. The van der Waals surface area contributed by atoms with Crippen molar-refractivity contribution >= 4 is 0 Å². The number of rotatable bonds is 13. The van der Waals surface area contributed by atoms with Crippen molar-refractivity contribution in [2.75, 3.05) is 13.2 Å². The van der Waals surface area contributed by atoms with Gasteiger partial charge in [-0.15, -0.1) is 0 Å². The van der Waals surface area contributed by atoms with Gasteiger partial charge in [-0.25, -0.2) is 4.79 Å². The van der Waals surface area contributed by atoms with Crippen LogP contribution in [0.25, 0.3) is 0 Å². The minimum Gasteiger partial charge on any atom is -0.394 e. The average molecular weight is 771 g/mol. The van der Waals surface area contributed by atoms with Crippen molar-refractivity contribution in [3.8, 4) is 0 Å². The second-order valence-electron chi connectivity index (χ2n) is 14.6. The molecule has 5 atom stereocenters. The van der Waals surface area contributed by atoms with E-state index in [0.29, 0.717) is 0 Å². The van der Waals surface area contributed by atoms with Gasteiger partial charge in [0.25, 0.3) is 5.56 Å². The van der Waals surface area contributed by atoms with Crippen LogP contribution in [0.5, 0.6) is 0 Å². The number of ether oxygens (including phenoxy) is 4. The third kappa shape index (κ3) is 6.34. The molecular weight excluding hydrogens is 729 g/mol. The summed E-state index contributed by atoms with van der Waals surface area (Å²) in [5.74, 6) is 0. The van der Waals surface area contributed by atoms with Gasteiger partial charge in [-0.2, -0.15) is 0 Å². The number of aliphatic hydroxyl groups is 1. The second kappa shape index (κ2) is 15.6. The molecule has 0 bridgehead atoms. The van der Waals surface area contributed by atoms with E-state index in [1.165, 1.54) is 16.8 Å². The highest BCUT2D eigenvalue weighted by Crippen LogP contribution is 2.58. The summed E-state index contributed by atoms with van der Waals surface area (Å²) in [7, 11) is 0. The van der Waals surface area contributed by atoms with Crippen LogP contribution in [0.15, 0.2) is 204 Å². The van der Waals surface area contributed by atoms with Crippen molar-refractivity contribution in [1.82, 2.24) is 9.55 Å². The summed E-state index contributed by atoms with van der Waals surface area (Å²) in [5, 5.41) is 10.9. The van der Waals surface area contributed by atoms with E-state index < -0.39 is 52.6 Å². The zero-order chi connectivity index (χ0) is 39.6. The highest BCUT2D eigenvalue weighted by molar-refractivity contribution is 5.49. The standard InChI is InChI=1S/C49H42N2O7/c52-33-41-49(57-41)42(34-55-47(35-19-7-1-8-20-35,36-21-9-2-10-22-36)37-23-11-3-12-24-37)56-45(51-32-31-43(53)50-46(51)54)44(49)58-48(38-25-13-4-14-26-38,39-27-15-5-16-28-39)40-29-17-6-18-30-40/h1-32,41-42,44-45,52H,33-34H2,(H,50,53,54)/t41-,42+,44-,45+,49+/m0/s1. The summed E-state index contributed by atoms with van der Waals surface area (Å²) in [4.78, 5) is 28.6. The lowest BCUT2D eigenvalue weighted by molar-refractivity contribution is -0.122. The van der Waals surface area contributed by atoms with Gasteiger partial charge in [0.1, 0.15) is 29.5 Å². The summed E-state index contributed by atoms with van der Waals surface area (Å²) >= 11 is 0. The number of aliphatic hydroxyl groups excluding tert-OH is 1. The van der Waals surface area contributed by atoms with Crippen LogP contribution in [0.2, 0.25) is 0 Å². The van der Waals surface area contributed by atoms with E-state index in [1.54, 1.807) is 0 Å². The number of benzene rings is 6. The number of epoxide rings is 1. The molecule has 6 aromatic carbocycles. The SMILES string of the molecule is O=c1ccn([C@@H]2O[C@H](COC(c3ccccc3)(c3ccccc3)c3ccccc3)[C@@]3(O[C@H]3CO)[C@H]2OC(c2ccccc2)(c2ccccc2)c2ccccc2)c(=O)[nH]1. The van der Waals surface area contributed by atoms with E-state index in [-0.39, 0.29) is 13.2 Å². The third-order valence-corrected chi connectivity index (χ3v) is 11.4. The predicted octanol–water partition coefficient (Wildman–Crippen LogP) is 6.95. The quantitative estimate of drug-likeness (QED) is 0.0964. The molecule has 7 aromatic rings. The summed E-state index contributed by atoms with van der Waals surface area (Å²) < 4.78 is 29.9. The molecule has 3 heterocycles. The Kier molecular flexibility index (Phi) is 10.1. The molecule has 2 N–H and O–H groups in total. The van der Waals surface area contributed by atoms with Crippen molar-refractivity contribution < 1.29 is 24.1 Å². The fourth-order valence-corrected chi connectivity index (χ4v) is 8.72. The molecule has 0 unspecified atom stereocenters. The van der Waals surface area contributed by atoms with Crippen molar-refractivity contribution in [1.29, 1.82) is 0 Å². The predicted molar refractivity (Wildman–Crippen MR) is 219 cm³/mol. The Morgan fingerprint density at radius 2 is 0.966 bits per heavy atom. The van der Waals surface area contributed by atoms with Gasteiger partial charge < -0.3 is 24.1 Å². The number of nitrogens with zero attached hydrogens (tertiary/aromatic N) is 1. The van der Waals surface area contributed by atoms with Gasteiger partial charge in [0.2, 0.25) is 0 Å². The summed E-state index contributed by atoms with van der Waals surface area (Å²) in [6, 6.07) is 61.0. The van der Waals surface area contributed by atoms with E-state index >= 15 is 0 Å². The molecule has 58 heavy (non-hydrogen) atoms. The molecular formula is C49H42N2O7. The highest BCUT2D eigenvalue weighted by Gasteiger charge is 2.75. The number of H-pyrrole nitrogens is 1. The van der Waals surface area contributed by atoms with Crippen LogP contribution in [-0.4, -0.2) is 51.8 Å². The lowest BCUT2D eigenvalue weighted by Crippen LogP contribution is -2.49. The smallest absolute Gasteiger partial charge is 0.330 e. The second-order valence-corrected chi connectivity index (χ2v) is 14.6. The van der Waals surface area contributed by atoms with Gasteiger partial charge >= 0.3 is 5.69 Å². The Hall–Kier alpha value is -6.20. The molecule has 0 aliphatic carbocycles. The van der Waals surface area contributed by atoms with Crippen LogP contribution >= 0.6 is 0 Å². The van der Waals surface area contributed by atoms with Gasteiger partial charge in [-0.05, 0) is 33.4 Å². The van der Waals surface area contributed by atoms with Crippen LogP contribution in [-0.2, 0) is 30.1 Å². The van der Waals surface area contributed by atoms with Gasteiger partial charge in [0, 0.05) is 12.3 Å². The molecule has 1 spiro atoms. The van der Waals surface area contributed by atoms with Crippen LogP contribution in [0.1, 0.15) is 39.6 Å². The monoisotopic (exact) mass is 770 g/mol. The van der Waals surface area contributed by atoms with E-state index in [1.807, 2.05) is 182 Å². The minimum atomic E-state index is -1.31. The lowest BCUT2D eigenvalue weighted by Gasteiger charge is -2.40. The van der Waals surface area contributed by atoms with E-state index in [2.05, 4.69) is 4.98 Å². The number of hydrogen-bond acceptors (Lipinski definition) is 7. The van der Waals surface area contributed by atoms with Crippen molar-refractivity contribution in [2.45, 2.75) is 41.3 Å². The average Bonchev–Trinajstić information content (AvgIpc) is 3.95. The molecule has 0 amide bonds. The molecule has 2 aliphatic rings. The third-order valence-electron chi connectivity index (χ3n) is 11.4. The maximum atomic E-state index is 13.8. The molecule has 2 aliphatic heterocycles. The molecule has 2 saturated heterocycles. The minimum absolute atomic E-state index is 0.0430. The normalized spacial score (nSPS) is 21.5. The number of aromatic amines is 1. The van der Waals surface area contributed by atoms with Crippen LogP contribution in [0.3, 0.4) is 0 Å². The van der Waals surface area contributed by atoms with E-state index in [9.17, 15) is 14.7 Å². The Morgan fingerprint density at radius 3 is 1.33 bits per heavy atom. The first-order valence-electron chi connectivity index (χ1n) is 19.4. The van der Waals surface area contributed by atoms with Gasteiger partial charge in [0.05, 0.1) is 13.2 Å². The summed E-state index contributed by atoms with van der Waals surface area (Å²) in [5.41, 5.74) is 0.253. The molecule has 9 nitrogen and oxygen atoms in total. The van der Waals surface area contributed by atoms with Crippen molar-refractivity contribution in [3.63, 3.8) is 0 Å². The van der Waals surface area contributed by atoms with Crippen LogP contribution in [0.4, 0.5) is 0 Å². The fourth-order valence-electron chi connectivity index (χ4n) is 8.72. The Morgan fingerprint density at radius 1 is 0.569 bits per heavy atom. The van der Waals surface area contributed by atoms with E-state index in [4.69, 9.17) is 18.9 Å². The molecule has 9 rings (SSSR count). The zero-order valence-electron chi connectivity index (χ0n) is 31.5. The maximum absolute atomic E-state index is 13.8. The van der Waals surface area contributed by atoms with Crippen LogP contribution in [0, 0.1) is 0 Å². The first-order chi connectivity index (χ1) is 28.5.